The highest BCUT2D eigenvalue weighted by atomic mass is 16.5. The molecule has 0 aromatic heterocycles. The van der Waals surface area contributed by atoms with Crippen LogP contribution in [-0.4, -0.2) is 66.2 Å². The van der Waals surface area contributed by atoms with E-state index < -0.39 is 23.6 Å². The number of hydrogen-bond acceptors (Lipinski definition) is 5. The maximum atomic E-state index is 11.7. The average molecular weight is 270 g/mol. The molecule has 0 unspecified atom stereocenters. The molecule has 0 saturated carbocycles. The fourth-order valence-corrected chi connectivity index (χ4v) is 1.81. The second-order valence-electron chi connectivity index (χ2n) is 4.13. The van der Waals surface area contributed by atoms with Gasteiger partial charge in [-0.15, -0.1) is 0 Å². The first-order valence-corrected chi connectivity index (χ1v) is 6.25. The number of ketones is 1. The van der Waals surface area contributed by atoms with Gasteiger partial charge in [0, 0.05) is 19.6 Å². The van der Waals surface area contributed by atoms with Gasteiger partial charge in [0.25, 0.3) is 0 Å². The highest BCUT2D eigenvalue weighted by Gasteiger charge is 2.32. The Labute approximate surface area is 111 Å². The number of amides is 2. The van der Waals surface area contributed by atoms with E-state index >= 15 is 0 Å². The molecule has 1 rings (SSSR count). The van der Waals surface area contributed by atoms with Gasteiger partial charge in [-0.25, -0.2) is 0 Å². The van der Waals surface area contributed by atoms with Crippen molar-refractivity contribution < 1.29 is 23.9 Å². The molecule has 0 aromatic carbocycles. The zero-order chi connectivity index (χ0) is 14.4. The summed E-state index contributed by atoms with van der Waals surface area (Å²) in [5.41, 5.74) is 0. The summed E-state index contributed by atoms with van der Waals surface area (Å²) in [6.07, 6.45) is -0.372. The summed E-state index contributed by atoms with van der Waals surface area (Å²) in [4.78, 5) is 48.6. The Bertz CT molecular complexity index is 394. The van der Waals surface area contributed by atoms with Gasteiger partial charge in [-0.05, 0) is 13.8 Å². The summed E-state index contributed by atoms with van der Waals surface area (Å²) in [6.45, 7) is 4.61. The average Bonchev–Trinajstić information content (AvgIpc) is 2.35. The van der Waals surface area contributed by atoms with Crippen LogP contribution >= 0.6 is 0 Å². The number of rotatable bonds is 6. The monoisotopic (exact) mass is 270 g/mol. The Kier molecular flexibility index (Phi) is 5.47. The normalized spacial score (nSPS) is 15.7. The zero-order valence-corrected chi connectivity index (χ0v) is 11.2. The number of esters is 1. The third-order valence-electron chi connectivity index (χ3n) is 2.79. The van der Waals surface area contributed by atoms with E-state index in [2.05, 4.69) is 4.74 Å². The number of carbonyl (C=O) groups is 4. The van der Waals surface area contributed by atoms with Gasteiger partial charge in [0.1, 0.15) is 6.42 Å². The van der Waals surface area contributed by atoms with Crippen molar-refractivity contribution in [3.8, 4) is 0 Å². The van der Waals surface area contributed by atoms with E-state index in [4.69, 9.17) is 0 Å². The number of ether oxygens (including phenoxy) is 1. The Morgan fingerprint density at radius 1 is 1.11 bits per heavy atom. The van der Waals surface area contributed by atoms with Crippen molar-refractivity contribution in [2.75, 3.05) is 32.8 Å². The summed E-state index contributed by atoms with van der Waals surface area (Å²) in [5, 5.41) is 0. The van der Waals surface area contributed by atoms with Gasteiger partial charge < -0.3 is 14.5 Å². The largest absolute Gasteiger partial charge is 0.466 e. The fourth-order valence-electron chi connectivity index (χ4n) is 1.81. The fraction of sp³-hybridized carbons (Fsp3) is 0.667. The lowest BCUT2D eigenvalue weighted by atomic mass is 10.2. The van der Waals surface area contributed by atoms with Gasteiger partial charge in [-0.3, -0.25) is 19.2 Å². The number of carbonyl (C=O) groups excluding carboxylic acids is 4. The van der Waals surface area contributed by atoms with Crippen molar-refractivity contribution in [2.45, 2.75) is 20.3 Å². The van der Waals surface area contributed by atoms with Gasteiger partial charge in [0.15, 0.2) is 5.78 Å². The summed E-state index contributed by atoms with van der Waals surface area (Å²) >= 11 is 0. The van der Waals surface area contributed by atoms with Crippen LogP contribution in [0.4, 0.5) is 0 Å². The number of nitrogens with zero attached hydrogens (tertiary/aromatic N) is 2. The van der Waals surface area contributed by atoms with Crippen molar-refractivity contribution >= 4 is 23.6 Å². The lowest BCUT2D eigenvalue weighted by Gasteiger charge is -2.32. The lowest BCUT2D eigenvalue weighted by Crippen LogP contribution is -2.55. The highest BCUT2D eigenvalue weighted by Crippen LogP contribution is 2.05. The molecule has 1 fully saturated rings. The summed E-state index contributed by atoms with van der Waals surface area (Å²) in [5.74, 6) is -2.33. The highest BCUT2D eigenvalue weighted by molar-refractivity contribution is 6.35. The third kappa shape index (κ3) is 4.04. The van der Waals surface area contributed by atoms with E-state index in [0.717, 1.165) is 0 Å². The van der Waals surface area contributed by atoms with Crippen LogP contribution in [0.25, 0.3) is 0 Å². The molecule has 1 aliphatic rings. The van der Waals surface area contributed by atoms with Crippen molar-refractivity contribution in [1.82, 2.24) is 9.80 Å². The maximum absolute atomic E-state index is 11.7. The molecular formula is C12H18N2O5. The van der Waals surface area contributed by atoms with Gasteiger partial charge in [-0.1, -0.05) is 0 Å². The summed E-state index contributed by atoms with van der Waals surface area (Å²) < 4.78 is 4.65. The Morgan fingerprint density at radius 3 is 2.26 bits per heavy atom. The maximum Gasteiger partial charge on any atom is 0.313 e. The minimum Gasteiger partial charge on any atom is -0.466 e. The molecule has 1 heterocycles. The van der Waals surface area contributed by atoms with Crippen LogP contribution in [-0.2, 0) is 23.9 Å². The SMILES string of the molecule is CCOC(=O)CC(=O)CN1CCN(CC)C(=O)C1=O. The molecule has 1 aliphatic heterocycles. The van der Waals surface area contributed by atoms with E-state index in [-0.39, 0.29) is 19.6 Å². The van der Waals surface area contributed by atoms with Crippen molar-refractivity contribution in [1.29, 1.82) is 0 Å². The minimum absolute atomic E-state index is 0.207. The molecule has 0 aliphatic carbocycles. The van der Waals surface area contributed by atoms with Gasteiger partial charge >= 0.3 is 17.8 Å². The van der Waals surface area contributed by atoms with Crippen LogP contribution < -0.4 is 0 Å². The van der Waals surface area contributed by atoms with Gasteiger partial charge in [0.2, 0.25) is 0 Å². The Balaban J connectivity index is 2.49. The molecule has 0 N–H and O–H groups in total. The predicted octanol–water partition coefficient (Wildman–Crippen LogP) is -0.801. The second-order valence-corrected chi connectivity index (χ2v) is 4.13. The molecule has 0 aromatic rings. The minimum atomic E-state index is -0.690. The molecule has 7 nitrogen and oxygen atoms in total. The first-order chi connectivity index (χ1) is 8.99. The van der Waals surface area contributed by atoms with Crippen LogP contribution in [0.15, 0.2) is 0 Å². The quantitative estimate of drug-likeness (QED) is 0.358. The summed E-state index contributed by atoms with van der Waals surface area (Å²) in [6, 6.07) is 0. The molecule has 7 heteroatoms. The molecule has 106 valence electrons. The van der Waals surface area contributed by atoms with Gasteiger partial charge in [-0.2, -0.15) is 0 Å². The Morgan fingerprint density at radius 2 is 1.68 bits per heavy atom. The topological polar surface area (TPSA) is 84.0 Å². The van der Waals surface area contributed by atoms with Crippen LogP contribution in [0, 0.1) is 0 Å². The number of likely N-dealkylation sites (N-methyl/N-ethyl adjacent to an activating group) is 1. The van der Waals surface area contributed by atoms with Crippen LogP contribution in [0.3, 0.4) is 0 Å². The van der Waals surface area contributed by atoms with Gasteiger partial charge in [0.05, 0.1) is 13.2 Å². The summed E-state index contributed by atoms with van der Waals surface area (Å²) in [7, 11) is 0. The lowest BCUT2D eigenvalue weighted by molar-refractivity contribution is -0.157. The molecule has 1 saturated heterocycles. The third-order valence-corrected chi connectivity index (χ3v) is 2.79. The van der Waals surface area contributed by atoms with Crippen molar-refractivity contribution in [2.24, 2.45) is 0 Å². The van der Waals surface area contributed by atoms with E-state index in [1.54, 1.807) is 13.8 Å². The number of piperazine rings is 1. The molecule has 0 spiro atoms. The molecule has 0 bridgehead atoms. The molecule has 2 amide bonds. The first-order valence-electron chi connectivity index (χ1n) is 6.25. The molecule has 0 radical (unpaired) electrons. The van der Waals surface area contributed by atoms with E-state index in [9.17, 15) is 19.2 Å². The van der Waals surface area contributed by atoms with Crippen molar-refractivity contribution in [3.05, 3.63) is 0 Å². The van der Waals surface area contributed by atoms with Crippen LogP contribution in [0.2, 0.25) is 0 Å². The Hall–Kier alpha value is -1.92. The zero-order valence-electron chi connectivity index (χ0n) is 11.2. The second kappa shape index (κ2) is 6.86. The molecular weight excluding hydrogens is 252 g/mol. The molecule has 19 heavy (non-hydrogen) atoms. The standard InChI is InChI=1S/C12H18N2O5/c1-3-13-5-6-14(12(18)11(13)17)8-9(15)7-10(16)19-4-2/h3-8H2,1-2H3. The first kappa shape index (κ1) is 15.1. The molecule has 0 atom stereocenters. The smallest absolute Gasteiger partial charge is 0.313 e. The van der Waals surface area contributed by atoms with E-state index in [1.165, 1.54) is 9.80 Å². The van der Waals surface area contributed by atoms with Crippen LogP contribution in [0.1, 0.15) is 20.3 Å². The predicted molar refractivity (Wildman–Crippen MR) is 65.1 cm³/mol. The van der Waals surface area contributed by atoms with Crippen LogP contribution in [0.5, 0.6) is 0 Å². The van der Waals surface area contributed by atoms with Crippen molar-refractivity contribution in [3.63, 3.8) is 0 Å². The number of hydrogen-bond donors (Lipinski definition) is 0. The van der Waals surface area contributed by atoms with E-state index in [0.29, 0.717) is 19.6 Å². The van der Waals surface area contributed by atoms with E-state index in [1.807, 2.05) is 0 Å². The number of Topliss-reactive ketones (excluding diaryl/α,β-unsaturated/α-hetero) is 1.